The van der Waals surface area contributed by atoms with Gasteiger partial charge in [-0.25, -0.2) is 0 Å². The van der Waals surface area contributed by atoms with Gasteiger partial charge in [-0.3, -0.25) is 0 Å². The second kappa shape index (κ2) is 59.4. The minimum Gasteiger partial charge on any atom is 1.00 e. The average molecular weight is 688 g/mol. The molecule has 226 valence electrons. The van der Waals surface area contributed by atoms with Crippen molar-refractivity contribution >= 4 is 37.2 Å². The number of unbranched alkanes of at least 4 members (excludes halogenated alkanes) is 1. The summed E-state index contributed by atoms with van der Waals surface area (Å²) in [5, 5.41) is 23.3. The van der Waals surface area contributed by atoms with Crippen molar-refractivity contribution in [3.8, 4) is 0 Å². The van der Waals surface area contributed by atoms with Gasteiger partial charge >= 0.3 is 90.1 Å². The van der Waals surface area contributed by atoms with Crippen LogP contribution in [0, 0.1) is 6.92 Å². The molecular weight excluding hydrogens is 629 g/mol. The molecule has 2 N–H and O–H groups in total. The van der Waals surface area contributed by atoms with E-state index in [2.05, 4.69) is 87.3 Å². The first-order valence-corrected chi connectivity index (χ1v) is 22.2. The topological polar surface area (TPSA) is 80.5 Å². The fourth-order valence-corrected chi connectivity index (χ4v) is 1.91. The van der Waals surface area contributed by atoms with E-state index in [0.29, 0.717) is 0 Å². The van der Waals surface area contributed by atoms with Crippen molar-refractivity contribution in [3.05, 3.63) is 28.2 Å². The van der Waals surface area contributed by atoms with Crippen LogP contribution < -0.4 is 29.5 Å². The Labute approximate surface area is 285 Å². The standard InChI is InChI=1S/C7H18N2.2C7H16N2.C4H9.4ClH.Li.2Ti/c3*1-3-8-6-5-7-9-4-2;1-3-4-2;;;;;;;/h8-9H,3-7H2,1-2H3;2*3-7H2,1-2H3;1,3-4H2,2H3;4*1H;;;/q;2*-2;-1;;;;;+1;2*+4/p-4. The molecule has 0 aromatic heterocycles. The molecule has 0 aliphatic heterocycles. The fourth-order valence-electron chi connectivity index (χ4n) is 1.91. The maximum atomic E-state index is 5.01. The van der Waals surface area contributed by atoms with Crippen molar-refractivity contribution in [3.63, 3.8) is 0 Å². The minimum atomic E-state index is -3.11. The van der Waals surface area contributed by atoms with E-state index in [4.69, 9.17) is 37.2 Å². The third kappa shape index (κ3) is 116. The van der Waals surface area contributed by atoms with E-state index in [1.165, 1.54) is 12.8 Å². The van der Waals surface area contributed by atoms with Gasteiger partial charge in [0.2, 0.25) is 0 Å². The van der Waals surface area contributed by atoms with Crippen LogP contribution in [0.3, 0.4) is 0 Å². The van der Waals surface area contributed by atoms with Crippen LogP contribution in [-0.2, 0) is 34.1 Å². The normalized spacial score (nSPS) is 9.47. The monoisotopic (exact) mass is 686 g/mol. The van der Waals surface area contributed by atoms with E-state index in [0.717, 1.165) is 97.8 Å². The molecule has 0 aliphatic carbocycles. The zero-order valence-corrected chi connectivity index (χ0v) is 32.2. The van der Waals surface area contributed by atoms with Gasteiger partial charge in [0, 0.05) is 0 Å². The number of rotatable bonds is 19. The third-order valence-corrected chi connectivity index (χ3v) is 3.72. The maximum Gasteiger partial charge on any atom is 4.00 e. The summed E-state index contributed by atoms with van der Waals surface area (Å²) < 4.78 is 0. The molecule has 0 aromatic rings. The van der Waals surface area contributed by atoms with Crippen molar-refractivity contribution in [1.29, 1.82) is 0 Å². The Morgan fingerprint density at radius 3 is 0.974 bits per heavy atom. The Bertz CT molecular complexity index is 271. The summed E-state index contributed by atoms with van der Waals surface area (Å²) >= 11 is -3.11. The fraction of sp³-hybridized carbons (Fsp3) is 0.960. The van der Waals surface area contributed by atoms with Crippen LogP contribution in [0.5, 0.6) is 0 Å². The molecule has 6 nitrogen and oxygen atoms in total. The van der Waals surface area contributed by atoms with Crippen molar-refractivity contribution in [1.82, 2.24) is 10.6 Å². The van der Waals surface area contributed by atoms with Gasteiger partial charge in [0.05, 0.1) is 0 Å². The summed E-state index contributed by atoms with van der Waals surface area (Å²) in [5.41, 5.74) is 0. The molecule has 0 unspecified atom stereocenters. The first kappa shape index (κ1) is 56.7. The molecular formula is C25H59Cl4LiN6Ti2. The molecule has 38 heavy (non-hydrogen) atoms. The molecule has 0 bridgehead atoms. The van der Waals surface area contributed by atoms with Gasteiger partial charge < -0.3 is 38.8 Å². The summed E-state index contributed by atoms with van der Waals surface area (Å²) in [5.74, 6) is 0. The SMILES string of the molecule is CCNCCCNCC.CC[N-]CCC[N-]CC.CC[N-]CCC[N-]CC.[CH2-]CCC.[Cl][Ti]([Cl])([Cl])[Cl].[Li+].[Ti+4]. The molecule has 0 spiro atoms. The van der Waals surface area contributed by atoms with Crippen LogP contribution in [-0.4, -0.2) is 78.5 Å². The Morgan fingerprint density at radius 1 is 0.579 bits per heavy atom. The number of nitrogens with zero attached hydrogens (tertiary/aromatic N) is 4. The predicted molar refractivity (Wildman–Crippen MR) is 170 cm³/mol. The molecule has 0 heterocycles. The van der Waals surface area contributed by atoms with Crippen molar-refractivity contribution in [2.45, 2.75) is 80.6 Å². The van der Waals surface area contributed by atoms with Gasteiger partial charge in [0.1, 0.15) is 0 Å². The second-order valence-corrected chi connectivity index (χ2v) is 22.6. The second-order valence-electron chi connectivity index (χ2n) is 7.10. The largest absolute Gasteiger partial charge is 4.00 e. The van der Waals surface area contributed by atoms with E-state index < -0.39 is 12.3 Å². The van der Waals surface area contributed by atoms with E-state index in [9.17, 15) is 0 Å². The van der Waals surface area contributed by atoms with E-state index >= 15 is 0 Å². The summed E-state index contributed by atoms with van der Waals surface area (Å²) in [6.45, 7) is 30.5. The summed E-state index contributed by atoms with van der Waals surface area (Å²) in [7, 11) is 20.1. The molecule has 0 aliphatic rings. The first-order valence-electron chi connectivity index (χ1n) is 13.6. The average Bonchev–Trinajstić information content (AvgIpc) is 2.84. The van der Waals surface area contributed by atoms with Gasteiger partial charge in [-0.15, -0.1) is 0 Å². The van der Waals surface area contributed by atoms with E-state index in [1.807, 2.05) is 0 Å². The Hall–Kier alpha value is 2.95. The Kier molecular flexibility index (Phi) is 88.6. The van der Waals surface area contributed by atoms with Crippen LogP contribution >= 0.6 is 37.2 Å². The van der Waals surface area contributed by atoms with Gasteiger partial charge in [0.25, 0.3) is 0 Å². The van der Waals surface area contributed by atoms with Gasteiger partial charge in [0.15, 0.2) is 0 Å². The molecule has 0 saturated heterocycles. The van der Waals surface area contributed by atoms with Crippen molar-refractivity contribution in [2.75, 3.05) is 78.5 Å². The zero-order valence-electron chi connectivity index (χ0n) is 26.0. The summed E-state index contributed by atoms with van der Waals surface area (Å²) in [6, 6.07) is 0. The van der Waals surface area contributed by atoms with Crippen LogP contribution in [0.25, 0.3) is 21.3 Å². The number of halogens is 4. The summed E-state index contributed by atoms with van der Waals surface area (Å²) in [4.78, 5) is 0. The van der Waals surface area contributed by atoms with Crippen LogP contribution in [0.1, 0.15) is 80.6 Å². The van der Waals surface area contributed by atoms with E-state index in [-0.39, 0.29) is 40.6 Å². The Morgan fingerprint density at radius 2 is 0.816 bits per heavy atom. The van der Waals surface area contributed by atoms with Crippen molar-refractivity contribution in [2.24, 2.45) is 0 Å². The van der Waals surface area contributed by atoms with E-state index in [1.54, 1.807) is 0 Å². The molecule has 0 atom stereocenters. The maximum absolute atomic E-state index is 5.01. The van der Waals surface area contributed by atoms with Gasteiger partial charge in [-0.1, -0.05) is 67.7 Å². The smallest absolute Gasteiger partial charge is 1.00 e. The number of hydrogen-bond donors (Lipinski definition) is 2. The van der Waals surface area contributed by atoms with Gasteiger partial charge in [-0.2, -0.15) is 58.8 Å². The number of nitrogens with one attached hydrogen (secondary N) is 2. The molecule has 0 fully saturated rings. The Balaban J connectivity index is -0.0000000643. The van der Waals surface area contributed by atoms with Crippen LogP contribution in [0.2, 0.25) is 0 Å². The first-order chi connectivity index (χ1) is 17.2. The van der Waals surface area contributed by atoms with Gasteiger partial charge in [-0.05, 0) is 32.6 Å². The quantitative estimate of drug-likeness (QED) is 0.0950. The predicted octanol–water partition coefficient (Wildman–Crippen LogP) is 6.30. The third-order valence-electron chi connectivity index (χ3n) is 3.72. The molecule has 0 amide bonds. The van der Waals surface area contributed by atoms with Crippen LogP contribution in [0.15, 0.2) is 0 Å². The summed E-state index contributed by atoms with van der Waals surface area (Å²) in [6.07, 6.45) is 5.77. The molecule has 0 rings (SSSR count). The molecule has 0 saturated carbocycles. The molecule has 0 aromatic carbocycles. The van der Waals surface area contributed by atoms with Crippen molar-refractivity contribution < 1.29 is 52.9 Å². The molecule has 13 heteroatoms. The van der Waals surface area contributed by atoms with Crippen LogP contribution in [0.4, 0.5) is 0 Å². The molecule has 0 radical (unpaired) electrons. The number of hydrogen-bond acceptors (Lipinski definition) is 2. The zero-order chi connectivity index (χ0) is 28.8. The minimum absolute atomic E-state index is 0.